The molecule has 130 valence electrons. The molecule has 3 heteroatoms. The van der Waals surface area contributed by atoms with Crippen LogP contribution in [-0.4, -0.2) is 39.0 Å². The Morgan fingerprint density at radius 3 is 2.14 bits per heavy atom. The van der Waals surface area contributed by atoms with Crippen LogP contribution in [0.1, 0.15) is 73.6 Å². The Hall–Kier alpha value is 0.137. The van der Waals surface area contributed by atoms with E-state index in [-0.39, 0.29) is 0 Å². The molecule has 2 aliphatic rings. The van der Waals surface area contributed by atoms with Crippen LogP contribution in [0.5, 0.6) is 0 Å². The van der Waals surface area contributed by atoms with E-state index in [0.717, 1.165) is 12.5 Å². The summed E-state index contributed by atoms with van der Waals surface area (Å²) in [7, 11) is 0.684. The molecule has 0 amide bonds. The topological polar surface area (TPSA) is 12.5 Å². The quantitative estimate of drug-likeness (QED) is 0.578. The van der Waals surface area contributed by atoms with Gasteiger partial charge in [0.15, 0.2) is 8.32 Å². The van der Waals surface area contributed by atoms with Gasteiger partial charge in [-0.3, -0.25) is 0 Å². The Morgan fingerprint density at radius 2 is 1.64 bits per heavy atom. The van der Waals surface area contributed by atoms with Gasteiger partial charge in [-0.2, -0.15) is 0 Å². The van der Waals surface area contributed by atoms with Crippen molar-refractivity contribution in [2.24, 2.45) is 5.92 Å². The van der Waals surface area contributed by atoms with Crippen molar-refractivity contribution in [2.45, 2.75) is 95.8 Å². The average molecular weight is 326 g/mol. The number of nitrogens with zero attached hydrogens (tertiary/aromatic N) is 1. The first kappa shape index (κ1) is 18.5. The monoisotopic (exact) mass is 325 g/mol. The van der Waals surface area contributed by atoms with E-state index in [0.29, 0.717) is 22.2 Å². The summed E-state index contributed by atoms with van der Waals surface area (Å²) in [5.41, 5.74) is 2.69. The number of rotatable bonds is 7. The van der Waals surface area contributed by atoms with Crippen molar-refractivity contribution < 1.29 is 4.43 Å². The standard InChI is InChI=1S/C19H39NOSi/c1-15(2)22(16(3)4,17(5)6)21-13-10-18-14-19(18)11-8-9-12-20(19)7/h15-18H,8-14H2,1-7H3/t18-,19+/m1/s1. The van der Waals surface area contributed by atoms with Crippen LogP contribution < -0.4 is 0 Å². The molecule has 2 fully saturated rings. The summed E-state index contributed by atoms with van der Waals surface area (Å²) in [6.45, 7) is 16.6. The molecule has 0 aromatic carbocycles. The molecule has 1 saturated heterocycles. The first-order chi connectivity index (χ1) is 10.3. The fourth-order valence-electron chi connectivity index (χ4n) is 5.58. The van der Waals surface area contributed by atoms with Crippen molar-refractivity contribution in [3.8, 4) is 0 Å². The van der Waals surface area contributed by atoms with E-state index in [1.165, 1.54) is 38.6 Å². The molecular formula is C19H39NOSi. The van der Waals surface area contributed by atoms with E-state index >= 15 is 0 Å². The van der Waals surface area contributed by atoms with Crippen molar-refractivity contribution in [3.63, 3.8) is 0 Å². The summed E-state index contributed by atoms with van der Waals surface area (Å²) in [5.74, 6) is 0.899. The molecule has 0 N–H and O–H groups in total. The summed E-state index contributed by atoms with van der Waals surface area (Å²) in [5, 5.41) is 0. The maximum absolute atomic E-state index is 6.75. The van der Waals surface area contributed by atoms with Crippen LogP contribution in [-0.2, 0) is 4.43 Å². The van der Waals surface area contributed by atoms with E-state index in [9.17, 15) is 0 Å². The Kier molecular flexibility index (Phi) is 5.83. The fourth-order valence-corrected chi connectivity index (χ4v) is 11.1. The van der Waals surface area contributed by atoms with E-state index < -0.39 is 8.32 Å². The maximum Gasteiger partial charge on any atom is 0.200 e. The van der Waals surface area contributed by atoms with Gasteiger partial charge < -0.3 is 9.33 Å². The lowest BCUT2D eigenvalue weighted by molar-refractivity contribution is 0.142. The van der Waals surface area contributed by atoms with Crippen LogP contribution >= 0.6 is 0 Å². The molecule has 2 nitrogen and oxygen atoms in total. The number of hydrogen-bond acceptors (Lipinski definition) is 2. The average Bonchev–Trinajstić information content (AvgIpc) is 3.11. The molecule has 0 aromatic rings. The summed E-state index contributed by atoms with van der Waals surface area (Å²) >= 11 is 0. The lowest BCUT2D eigenvalue weighted by Crippen LogP contribution is -2.48. The lowest BCUT2D eigenvalue weighted by atomic mass is 9.97. The van der Waals surface area contributed by atoms with E-state index in [1.807, 2.05) is 0 Å². The Balaban J connectivity index is 1.89. The largest absolute Gasteiger partial charge is 0.416 e. The van der Waals surface area contributed by atoms with Gasteiger partial charge in [0.1, 0.15) is 0 Å². The van der Waals surface area contributed by atoms with Gasteiger partial charge in [-0.25, -0.2) is 0 Å². The minimum atomic E-state index is -1.66. The summed E-state index contributed by atoms with van der Waals surface area (Å²) < 4.78 is 6.75. The van der Waals surface area contributed by atoms with Crippen LogP contribution in [0.3, 0.4) is 0 Å². The summed E-state index contributed by atoms with van der Waals surface area (Å²) in [6, 6.07) is 0. The molecule has 0 unspecified atom stereocenters. The number of hydrogen-bond donors (Lipinski definition) is 0. The third-order valence-electron chi connectivity index (χ3n) is 6.84. The highest BCUT2D eigenvalue weighted by Crippen LogP contribution is 2.55. The van der Waals surface area contributed by atoms with E-state index in [4.69, 9.17) is 4.43 Å². The van der Waals surface area contributed by atoms with Gasteiger partial charge in [0, 0.05) is 12.1 Å². The van der Waals surface area contributed by atoms with E-state index in [1.54, 1.807) is 0 Å². The Bertz CT molecular complexity index is 347. The van der Waals surface area contributed by atoms with Crippen LogP contribution in [0.4, 0.5) is 0 Å². The molecular weight excluding hydrogens is 286 g/mol. The second-order valence-corrected chi connectivity index (χ2v) is 14.3. The van der Waals surface area contributed by atoms with E-state index in [2.05, 4.69) is 53.5 Å². The van der Waals surface area contributed by atoms with Crippen LogP contribution in [0.15, 0.2) is 0 Å². The highest BCUT2D eigenvalue weighted by molar-refractivity contribution is 6.77. The Morgan fingerprint density at radius 1 is 1.05 bits per heavy atom. The minimum Gasteiger partial charge on any atom is -0.416 e. The highest BCUT2D eigenvalue weighted by atomic mass is 28.4. The third-order valence-corrected chi connectivity index (χ3v) is 13.0. The smallest absolute Gasteiger partial charge is 0.200 e. The summed E-state index contributed by atoms with van der Waals surface area (Å²) in [4.78, 5) is 2.65. The van der Waals surface area contributed by atoms with Crippen LogP contribution in [0.2, 0.25) is 16.6 Å². The zero-order valence-electron chi connectivity index (χ0n) is 16.1. The highest BCUT2D eigenvalue weighted by Gasteiger charge is 2.56. The van der Waals surface area contributed by atoms with Gasteiger partial charge in [-0.05, 0) is 61.8 Å². The molecule has 2 atom stereocenters. The molecule has 1 saturated carbocycles. The fraction of sp³-hybridized carbons (Fsp3) is 1.00. The molecule has 1 heterocycles. The predicted molar refractivity (Wildman–Crippen MR) is 98.9 cm³/mol. The summed E-state index contributed by atoms with van der Waals surface area (Å²) in [6.07, 6.45) is 6.96. The molecule has 1 spiro atoms. The SMILES string of the molecule is CC(C)[Si](OCC[C@@H]1C[C@@]12CCCCN2C)(C(C)C)C(C)C. The van der Waals surface area contributed by atoms with Gasteiger partial charge in [0.25, 0.3) is 0 Å². The second-order valence-electron chi connectivity index (χ2n) is 8.84. The normalized spacial score (nSPS) is 30.0. The molecule has 0 bridgehead atoms. The molecule has 1 aliphatic carbocycles. The number of piperidine rings is 1. The van der Waals surface area contributed by atoms with Gasteiger partial charge in [-0.1, -0.05) is 48.0 Å². The van der Waals surface area contributed by atoms with Crippen molar-refractivity contribution in [3.05, 3.63) is 0 Å². The zero-order chi connectivity index (χ0) is 16.5. The Labute approximate surface area is 140 Å². The molecule has 0 aromatic heterocycles. The third kappa shape index (κ3) is 3.18. The number of likely N-dealkylation sites (tertiary alicyclic amines) is 1. The van der Waals surface area contributed by atoms with Crippen molar-refractivity contribution in [1.29, 1.82) is 0 Å². The minimum absolute atomic E-state index is 0.569. The maximum atomic E-state index is 6.75. The van der Waals surface area contributed by atoms with Crippen molar-refractivity contribution >= 4 is 8.32 Å². The predicted octanol–water partition coefficient (Wildman–Crippen LogP) is 5.44. The lowest BCUT2D eigenvalue weighted by Gasteiger charge is -2.42. The molecule has 22 heavy (non-hydrogen) atoms. The van der Waals surface area contributed by atoms with Gasteiger partial charge in [-0.15, -0.1) is 0 Å². The van der Waals surface area contributed by atoms with Gasteiger partial charge in [0.05, 0.1) is 0 Å². The zero-order valence-corrected chi connectivity index (χ0v) is 17.1. The van der Waals surface area contributed by atoms with Gasteiger partial charge in [0.2, 0.25) is 0 Å². The van der Waals surface area contributed by atoms with Crippen molar-refractivity contribution in [2.75, 3.05) is 20.2 Å². The molecule has 1 aliphatic heterocycles. The van der Waals surface area contributed by atoms with Crippen molar-refractivity contribution in [1.82, 2.24) is 4.90 Å². The van der Waals surface area contributed by atoms with Crippen LogP contribution in [0, 0.1) is 5.92 Å². The molecule has 2 rings (SSSR count). The van der Waals surface area contributed by atoms with Gasteiger partial charge >= 0.3 is 0 Å². The second kappa shape index (κ2) is 6.94. The first-order valence-corrected chi connectivity index (χ1v) is 11.8. The van der Waals surface area contributed by atoms with Crippen LogP contribution in [0.25, 0.3) is 0 Å². The molecule has 0 radical (unpaired) electrons. The first-order valence-electron chi connectivity index (χ1n) is 9.62.